The van der Waals surface area contributed by atoms with Gasteiger partial charge in [-0.3, -0.25) is 4.79 Å². The van der Waals surface area contributed by atoms with Gasteiger partial charge in [-0.05, 0) is 30.3 Å². The highest BCUT2D eigenvalue weighted by Gasteiger charge is 2.12. The molecule has 0 saturated heterocycles. The number of amides is 1. The largest absolute Gasteiger partial charge is 0.306 e. The third-order valence-corrected chi connectivity index (χ3v) is 2.45. The maximum Gasteiger partial charge on any atom is 0.258 e. The smallest absolute Gasteiger partial charge is 0.258 e. The normalized spacial score (nSPS) is 10.2. The summed E-state index contributed by atoms with van der Waals surface area (Å²) in [7, 11) is 0. The molecule has 1 aromatic carbocycles. The lowest BCUT2D eigenvalue weighted by Gasteiger charge is -2.05. The highest BCUT2D eigenvalue weighted by Crippen LogP contribution is 2.18. The van der Waals surface area contributed by atoms with Crippen molar-refractivity contribution in [2.45, 2.75) is 0 Å². The highest BCUT2D eigenvalue weighted by atomic mass is 35.5. The molecule has 1 heterocycles. The lowest BCUT2D eigenvalue weighted by molar-refractivity contribution is 0.102. The van der Waals surface area contributed by atoms with E-state index in [0.717, 1.165) is 18.2 Å². The number of halogens is 3. The summed E-state index contributed by atoms with van der Waals surface area (Å²) in [5, 5.41) is 2.34. The number of nitrogens with zero attached hydrogens (tertiary/aromatic N) is 1. The molecule has 1 amide bonds. The van der Waals surface area contributed by atoms with Crippen LogP contribution in [-0.2, 0) is 0 Å². The van der Waals surface area contributed by atoms with Crippen molar-refractivity contribution in [3.8, 4) is 0 Å². The predicted octanol–water partition coefficient (Wildman–Crippen LogP) is 3.27. The molecule has 0 aliphatic rings. The number of aromatic nitrogens is 1. The summed E-state index contributed by atoms with van der Waals surface area (Å²) < 4.78 is 25.6. The molecule has 1 N–H and O–H groups in total. The van der Waals surface area contributed by atoms with Crippen molar-refractivity contribution >= 4 is 23.3 Å². The number of nitrogens with one attached hydrogen (secondary N) is 1. The first-order chi connectivity index (χ1) is 8.56. The van der Waals surface area contributed by atoms with Crippen LogP contribution in [0.1, 0.15) is 10.4 Å². The van der Waals surface area contributed by atoms with E-state index < -0.39 is 17.7 Å². The summed E-state index contributed by atoms with van der Waals surface area (Å²) in [5.41, 5.74) is 0.0872. The van der Waals surface area contributed by atoms with E-state index in [1.54, 1.807) is 0 Å². The van der Waals surface area contributed by atoms with Gasteiger partial charge in [-0.15, -0.1) is 0 Å². The van der Waals surface area contributed by atoms with Crippen molar-refractivity contribution in [2.24, 2.45) is 0 Å². The summed E-state index contributed by atoms with van der Waals surface area (Å²) in [5.74, 6) is -1.78. The van der Waals surface area contributed by atoms with Crippen molar-refractivity contribution in [3.63, 3.8) is 0 Å². The van der Waals surface area contributed by atoms with Crippen molar-refractivity contribution in [1.82, 2.24) is 4.98 Å². The summed E-state index contributed by atoms with van der Waals surface area (Å²) in [6.45, 7) is 0. The molecule has 2 rings (SSSR count). The van der Waals surface area contributed by atoms with Gasteiger partial charge in [0.25, 0.3) is 5.91 Å². The Labute approximate surface area is 106 Å². The Morgan fingerprint density at radius 3 is 2.67 bits per heavy atom. The molecule has 2 aromatic rings. The Morgan fingerprint density at radius 2 is 2.00 bits per heavy atom. The highest BCUT2D eigenvalue weighted by molar-refractivity contribution is 6.34. The van der Waals surface area contributed by atoms with Crippen LogP contribution in [0.4, 0.5) is 14.6 Å². The average Bonchev–Trinajstić information content (AvgIpc) is 2.28. The second-order valence-corrected chi connectivity index (χ2v) is 3.83. The number of anilines is 1. The van der Waals surface area contributed by atoms with Crippen molar-refractivity contribution in [3.05, 3.63) is 58.7 Å². The van der Waals surface area contributed by atoms with Crippen molar-refractivity contribution < 1.29 is 13.6 Å². The molecule has 3 nitrogen and oxygen atoms in total. The molecule has 0 bridgehead atoms. The first-order valence-corrected chi connectivity index (χ1v) is 5.33. The van der Waals surface area contributed by atoms with E-state index in [-0.39, 0.29) is 16.4 Å². The number of hydrogen-bond acceptors (Lipinski definition) is 2. The maximum absolute atomic E-state index is 12.8. The number of hydrogen-bond donors (Lipinski definition) is 1. The predicted molar refractivity (Wildman–Crippen MR) is 63.6 cm³/mol. The zero-order valence-corrected chi connectivity index (χ0v) is 9.71. The van der Waals surface area contributed by atoms with Gasteiger partial charge in [0.1, 0.15) is 11.6 Å². The molecular weight excluding hydrogens is 262 g/mol. The Morgan fingerprint density at radius 1 is 1.22 bits per heavy atom. The monoisotopic (exact) mass is 268 g/mol. The molecule has 1 aromatic heterocycles. The van der Waals surface area contributed by atoms with Crippen LogP contribution >= 0.6 is 11.6 Å². The number of benzene rings is 1. The fraction of sp³-hybridized carbons (Fsp3) is 0. The van der Waals surface area contributed by atoms with Gasteiger partial charge in [0, 0.05) is 0 Å². The van der Waals surface area contributed by atoms with Crippen LogP contribution < -0.4 is 5.32 Å². The van der Waals surface area contributed by atoms with Crippen LogP contribution in [0, 0.1) is 11.8 Å². The van der Waals surface area contributed by atoms with E-state index in [2.05, 4.69) is 10.3 Å². The minimum atomic E-state index is -0.710. The Kier molecular flexibility index (Phi) is 3.53. The number of carbonyl (C=O) groups is 1. The molecule has 6 heteroatoms. The molecule has 0 fully saturated rings. The summed E-state index contributed by atoms with van der Waals surface area (Å²) >= 11 is 5.73. The lowest BCUT2D eigenvalue weighted by atomic mass is 10.2. The molecule has 0 aliphatic carbocycles. The van der Waals surface area contributed by atoms with Crippen LogP contribution in [0.3, 0.4) is 0 Å². The second-order valence-electron chi connectivity index (χ2n) is 3.42. The Hall–Kier alpha value is -2.01. The molecule has 0 radical (unpaired) electrons. The first kappa shape index (κ1) is 12.4. The van der Waals surface area contributed by atoms with Crippen molar-refractivity contribution in [2.75, 3.05) is 5.32 Å². The standard InChI is InChI=1S/C12H7ClF2N2O/c13-9-6-7(14)4-5-8(9)12(18)17-11-3-1-2-10(15)16-11/h1-6H,(H,16,17,18). The Bertz CT molecular complexity index is 604. The van der Waals surface area contributed by atoms with E-state index in [0.29, 0.717) is 0 Å². The van der Waals surface area contributed by atoms with Crippen LogP contribution in [0.15, 0.2) is 36.4 Å². The lowest BCUT2D eigenvalue weighted by Crippen LogP contribution is -2.13. The van der Waals surface area contributed by atoms with Crippen LogP contribution in [0.25, 0.3) is 0 Å². The zero-order chi connectivity index (χ0) is 13.1. The van der Waals surface area contributed by atoms with Crippen LogP contribution in [0.5, 0.6) is 0 Å². The van der Waals surface area contributed by atoms with E-state index in [9.17, 15) is 13.6 Å². The van der Waals surface area contributed by atoms with E-state index >= 15 is 0 Å². The SMILES string of the molecule is O=C(Nc1cccc(F)n1)c1ccc(F)cc1Cl. The van der Waals surface area contributed by atoms with Gasteiger partial charge in [-0.25, -0.2) is 9.37 Å². The average molecular weight is 269 g/mol. The molecular formula is C12H7ClF2N2O. The number of pyridine rings is 1. The van der Waals surface area contributed by atoms with Crippen LogP contribution in [-0.4, -0.2) is 10.9 Å². The topological polar surface area (TPSA) is 42.0 Å². The molecule has 0 unspecified atom stereocenters. The van der Waals surface area contributed by atoms with Gasteiger partial charge in [-0.2, -0.15) is 4.39 Å². The number of carbonyl (C=O) groups excluding carboxylic acids is 1. The molecule has 0 saturated carbocycles. The summed E-state index contributed by atoms with van der Waals surface area (Å²) in [4.78, 5) is 15.2. The third kappa shape index (κ3) is 2.81. The second kappa shape index (κ2) is 5.10. The third-order valence-electron chi connectivity index (χ3n) is 2.13. The molecule has 0 atom stereocenters. The number of rotatable bonds is 2. The summed E-state index contributed by atoms with van der Waals surface area (Å²) in [6, 6.07) is 7.37. The molecule has 0 spiro atoms. The fourth-order valence-corrected chi connectivity index (χ4v) is 1.59. The minimum Gasteiger partial charge on any atom is -0.306 e. The van der Waals surface area contributed by atoms with E-state index in [4.69, 9.17) is 11.6 Å². The molecule has 92 valence electrons. The summed E-state index contributed by atoms with van der Waals surface area (Å²) in [6.07, 6.45) is 0. The van der Waals surface area contributed by atoms with Crippen LogP contribution in [0.2, 0.25) is 5.02 Å². The van der Waals surface area contributed by atoms with Gasteiger partial charge in [0.05, 0.1) is 10.6 Å². The Balaban J connectivity index is 2.22. The van der Waals surface area contributed by atoms with Gasteiger partial charge < -0.3 is 5.32 Å². The molecule has 0 aliphatic heterocycles. The molecule has 18 heavy (non-hydrogen) atoms. The van der Waals surface area contributed by atoms with Gasteiger partial charge in [0.2, 0.25) is 5.95 Å². The van der Waals surface area contributed by atoms with Gasteiger partial charge >= 0.3 is 0 Å². The maximum atomic E-state index is 12.8. The van der Waals surface area contributed by atoms with E-state index in [1.165, 1.54) is 18.2 Å². The zero-order valence-electron chi connectivity index (χ0n) is 8.95. The fourth-order valence-electron chi connectivity index (χ4n) is 1.34. The van der Waals surface area contributed by atoms with Crippen molar-refractivity contribution in [1.29, 1.82) is 0 Å². The van der Waals surface area contributed by atoms with Gasteiger partial charge in [-0.1, -0.05) is 17.7 Å². The van der Waals surface area contributed by atoms with Gasteiger partial charge in [0.15, 0.2) is 0 Å². The quantitative estimate of drug-likeness (QED) is 0.850. The first-order valence-electron chi connectivity index (χ1n) is 4.95. The van der Waals surface area contributed by atoms with E-state index in [1.807, 2.05) is 0 Å². The minimum absolute atomic E-state index is 0.0242.